The van der Waals surface area contributed by atoms with Gasteiger partial charge in [0.25, 0.3) is 0 Å². The number of hydrogen-bond acceptors (Lipinski definition) is 3. The summed E-state index contributed by atoms with van der Waals surface area (Å²) in [6.45, 7) is -2.90. The monoisotopic (exact) mass is 413 g/mol. The molecule has 4 aromatic rings. The smallest absolute Gasteiger partial charge is 0.387 e. The molecule has 1 aliphatic heterocycles. The van der Waals surface area contributed by atoms with Crippen molar-refractivity contribution in [1.29, 1.82) is 0 Å². The van der Waals surface area contributed by atoms with Gasteiger partial charge in [0, 0.05) is 30.1 Å². The molecule has 0 radical (unpaired) electrons. The molecular formula is C21H17F2N3O2S. The van der Waals surface area contributed by atoms with Gasteiger partial charge >= 0.3 is 6.61 Å². The fourth-order valence-electron chi connectivity index (χ4n) is 4.22. The molecule has 5 rings (SSSR count). The predicted octanol–water partition coefficient (Wildman–Crippen LogP) is 4.89. The molecule has 8 heteroatoms. The minimum atomic E-state index is -2.90. The van der Waals surface area contributed by atoms with E-state index in [1.54, 1.807) is 23.7 Å². The second-order valence-corrected chi connectivity index (χ2v) is 7.44. The minimum Gasteiger partial charge on any atom is -0.493 e. The molecule has 3 heterocycles. The van der Waals surface area contributed by atoms with E-state index in [0.29, 0.717) is 16.9 Å². The number of imidazole rings is 1. The van der Waals surface area contributed by atoms with E-state index in [1.165, 1.54) is 6.07 Å². The number of para-hydroxylation sites is 1. The maximum Gasteiger partial charge on any atom is 0.387 e. The SMILES string of the molecule is Cn1c(O)c2n(c1=S)[C@H](c1cccc(OC(F)F)c1)c1[nH]c3ccccc3c1C2. The number of aromatic amines is 1. The van der Waals surface area contributed by atoms with Crippen LogP contribution in [0.3, 0.4) is 0 Å². The largest absolute Gasteiger partial charge is 0.493 e. The van der Waals surface area contributed by atoms with Crippen LogP contribution in [-0.4, -0.2) is 25.8 Å². The molecule has 2 aromatic carbocycles. The summed E-state index contributed by atoms with van der Waals surface area (Å²) in [6.07, 6.45) is 0.513. The van der Waals surface area contributed by atoms with Crippen molar-refractivity contribution in [2.75, 3.05) is 0 Å². The lowest BCUT2D eigenvalue weighted by Gasteiger charge is -2.27. The summed E-state index contributed by atoms with van der Waals surface area (Å²) < 4.78 is 34.0. The van der Waals surface area contributed by atoms with Gasteiger partial charge in [-0.1, -0.05) is 30.3 Å². The van der Waals surface area contributed by atoms with E-state index in [9.17, 15) is 13.9 Å². The fraction of sp³-hybridized carbons (Fsp3) is 0.190. The van der Waals surface area contributed by atoms with Gasteiger partial charge in [0.2, 0.25) is 5.88 Å². The molecule has 5 nitrogen and oxygen atoms in total. The summed E-state index contributed by atoms with van der Waals surface area (Å²) in [4.78, 5) is 3.47. The topological polar surface area (TPSA) is 55.1 Å². The Morgan fingerprint density at radius 1 is 1.21 bits per heavy atom. The number of rotatable bonds is 3. The van der Waals surface area contributed by atoms with Gasteiger partial charge < -0.3 is 19.4 Å². The van der Waals surface area contributed by atoms with Crippen LogP contribution >= 0.6 is 12.2 Å². The number of alkyl halides is 2. The number of aromatic hydroxyl groups is 1. The molecule has 29 heavy (non-hydrogen) atoms. The maximum absolute atomic E-state index is 12.7. The first-order valence-corrected chi connectivity index (χ1v) is 9.50. The van der Waals surface area contributed by atoms with E-state index in [0.717, 1.165) is 27.7 Å². The molecule has 148 valence electrons. The Hall–Kier alpha value is -3.13. The first-order valence-electron chi connectivity index (χ1n) is 9.09. The molecular weight excluding hydrogens is 396 g/mol. The van der Waals surface area contributed by atoms with Crippen LogP contribution in [0.1, 0.15) is 28.6 Å². The van der Waals surface area contributed by atoms with Gasteiger partial charge in [-0.3, -0.25) is 4.57 Å². The van der Waals surface area contributed by atoms with Gasteiger partial charge in [-0.05, 0) is 41.5 Å². The predicted molar refractivity (Wildman–Crippen MR) is 107 cm³/mol. The van der Waals surface area contributed by atoms with Crippen molar-refractivity contribution in [2.45, 2.75) is 19.1 Å². The van der Waals surface area contributed by atoms with E-state index in [-0.39, 0.29) is 11.6 Å². The van der Waals surface area contributed by atoms with Crippen molar-refractivity contribution < 1.29 is 18.6 Å². The van der Waals surface area contributed by atoms with E-state index in [1.807, 2.05) is 34.9 Å². The summed E-state index contributed by atoms with van der Waals surface area (Å²) in [5, 5.41) is 11.7. The molecule has 2 aromatic heterocycles. The molecule has 0 amide bonds. The highest BCUT2D eigenvalue weighted by molar-refractivity contribution is 7.71. The highest BCUT2D eigenvalue weighted by Crippen LogP contribution is 2.42. The second kappa shape index (κ2) is 6.45. The second-order valence-electron chi connectivity index (χ2n) is 7.08. The van der Waals surface area contributed by atoms with E-state index in [2.05, 4.69) is 9.72 Å². The van der Waals surface area contributed by atoms with E-state index < -0.39 is 12.7 Å². The van der Waals surface area contributed by atoms with Crippen LogP contribution in [0.2, 0.25) is 0 Å². The molecule has 0 fully saturated rings. The lowest BCUT2D eigenvalue weighted by atomic mass is 9.93. The van der Waals surface area contributed by atoms with Crippen molar-refractivity contribution in [2.24, 2.45) is 7.05 Å². The molecule has 0 bridgehead atoms. The Morgan fingerprint density at radius 3 is 2.79 bits per heavy atom. The number of nitrogens with zero attached hydrogens (tertiary/aromatic N) is 2. The van der Waals surface area contributed by atoms with Gasteiger partial charge in [-0.25, -0.2) is 0 Å². The van der Waals surface area contributed by atoms with Crippen LogP contribution in [0.5, 0.6) is 11.6 Å². The lowest BCUT2D eigenvalue weighted by Crippen LogP contribution is -2.22. The normalized spacial score (nSPS) is 15.5. The van der Waals surface area contributed by atoms with Gasteiger partial charge in [0.05, 0.1) is 5.69 Å². The number of H-pyrrole nitrogens is 1. The van der Waals surface area contributed by atoms with Crippen LogP contribution in [0.15, 0.2) is 48.5 Å². The van der Waals surface area contributed by atoms with Gasteiger partial charge in [0.1, 0.15) is 11.8 Å². The first kappa shape index (κ1) is 17.9. The fourth-order valence-corrected chi connectivity index (χ4v) is 4.52. The molecule has 0 unspecified atom stereocenters. The Morgan fingerprint density at radius 2 is 2.00 bits per heavy atom. The van der Waals surface area contributed by atoms with Crippen LogP contribution < -0.4 is 4.74 Å². The Kier molecular flexibility index (Phi) is 3.99. The maximum atomic E-state index is 12.7. The van der Waals surface area contributed by atoms with Crippen LogP contribution in [0.4, 0.5) is 8.78 Å². The van der Waals surface area contributed by atoms with Crippen LogP contribution in [0.25, 0.3) is 10.9 Å². The highest BCUT2D eigenvalue weighted by Gasteiger charge is 2.33. The third-order valence-electron chi connectivity index (χ3n) is 5.48. The number of hydrogen-bond donors (Lipinski definition) is 2. The third kappa shape index (κ3) is 2.66. The number of ether oxygens (including phenoxy) is 1. The number of benzene rings is 2. The molecule has 0 spiro atoms. The number of nitrogens with one attached hydrogen (secondary N) is 1. The number of aromatic nitrogens is 3. The van der Waals surface area contributed by atoms with Gasteiger partial charge in [0.15, 0.2) is 4.77 Å². The quantitative estimate of drug-likeness (QED) is 0.414. The molecule has 1 atom stereocenters. The summed E-state index contributed by atoms with van der Waals surface area (Å²) in [5.74, 6) is 0.185. The number of halogens is 2. The van der Waals surface area contributed by atoms with Crippen molar-refractivity contribution in [3.63, 3.8) is 0 Å². The van der Waals surface area contributed by atoms with E-state index >= 15 is 0 Å². The zero-order chi connectivity index (χ0) is 20.3. The zero-order valence-electron chi connectivity index (χ0n) is 15.4. The molecule has 0 aliphatic carbocycles. The highest BCUT2D eigenvalue weighted by atomic mass is 32.1. The van der Waals surface area contributed by atoms with Gasteiger partial charge in [-0.15, -0.1) is 0 Å². The summed E-state index contributed by atoms with van der Waals surface area (Å²) >= 11 is 5.59. The Balaban J connectivity index is 1.79. The molecule has 0 saturated carbocycles. The Labute approximate surface area is 169 Å². The summed E-state index contributed by atoms with van der Waals surface area (Å²) in [5.41, 5.74) is 4.39. The van der Waals surface area contributed by atoms with Crippen molar-refractivity contribution in [3.05, 3.63) is 75.8 Å². The molecule has 1 aliphatic rings. The average Bonchev–Trinajstić information content (AvgIpc) is 3.17. The minimum absolute atomic E-state index is 0.0777. The van der Waals surface area contributed by atoms with Crippen molar-refractivity contribution in [1.82, 2.24) is 14.1 Å². The standard InChI is InChI=1S/C21H17F2N3O2S/c1-25-19(27)16-10-14-13-7-2-3-8-15(13)24-17(14)18(26(16)21(25)29)11-5-4-6-12(9-11)28-20(22)23/h2-9,18,20,24,27H,10H2,1H3/t18-/m1/s1. The average molecular weight is 413 g/mol. The van der Waals surface area contributed by atoms with Crippen molar-refractivity contribution >= 4 is 23.1 Å². The van der Waals surface area contributed by atoms with Gasteiger partial charge in [-0.2, -0.15) is 8.78 Å². The third-order valence-corrected chi connectivity index (χ3v) is 5.95. The van der Waals surface area contributed by atoms with Crippen LogP contribution in [0, 0.1) is 4.77 Å². The summed E-state index contributed by atoms with van der Waals surface area (Å²) in [6, 6.07) is 14.1. The van der Waals surface area contributed by atoms with Crippen molar-refractivity contribution in [3.8, 4) is 11.6 Å². The first-order chi connectivity index (χ1) is 14.0. The van der Waals surface area contributed by atoms with Crippen LogP contribution in [-0.2, 0) is 13.5 Å². The van der Waals surface area contributed by atoms with E-state index in [4.69, 9.17) is 12.2 Å². The lowest BCUT2D eigenvalue weighted by molar-refractivity contribution is -0.0498. The Bertz CT molecular complexity index is 1310. The molecule has 0 saturated heterocycles. The summed E-state index contributed by atoms with van der Waals surface area (Å²) in [7, 11) is 1.71. The zero-order valence-corrected chi connectivity index (χ0v) is 16.2. The number of fused-ring (bicyclic) bond motifs is 4. The molecule has 2 N–H and O–H groups in total.